The van der Waals surface area contributed by atoms with Gasteiger partial charge in [0.15, 0.2) is 0 Å². The first-order chi connectivity index (χ1) is 17.9. The predicted octanol–water partition coefficient (Wildman–Crippen LogP) is 5.41. The third-order valence-corrected chi connectivity index (χ3v) is 5.68. The van der Waals surface area contributed by atoms with E-state index in [0.717, 1.165) is 34.4 Å². The maximum absolute atomic E-state index is 12.6. The summed E-state index contributed by atoms with van der Waals surface area (Å²) in [5.41, 5.74) is 4.28. The Hall–Kier alpha value is -5.23. The first kappa shape index (κ1) is 24.9. The summed E-state index contributed by atoms with van der Waals surface area (Å²) in [5, 5.41) is 23.2. The van der Waals surface area contributed by atoms with Gasteiger partial charge in [-0.3, -0.25) is 14.9 Å². The molecule has 2 aromatic carbocycles. The molecule has 2 heterocycles. The van der Waals surface area contributed by atoms with Crippen LogP contribution in [-0.2, 0) is 11.3 Å². The third-order valence-electron chi connectivity index (χ3n) is 5.68. The van der Waals surface area contributed by atoms with Gasteiger partial charge in [0.1, 0.15) is 23.6 Å². The number of rotatable bonds is 8. The van der Waals surface area contributed by atoms with E-state index in [1.165, 1.54) is 12.1 Å². The molecule has 0 saturated carbocycles. The van der Waals surface area contributed by atoms with Gasteiger partial charge in [-0.05, 0) is 61.4 Å². The lowest BCUT2D eigenvalue weighted by molar-refractivity contribution is -0.385. The second kappa shape index (κ2) is 11.0. The van der Waals surface area contributed by atoms with E-state index in [1.54, 1.807) is 18.2 Å². The van der Waals surface area contributed by atoms with Gasteiger partial charge >= 0.3 is 0 Å². The third kappa shape index (κ3) is 5.89. The van der Waals surface area contributed by atoms with Crippen LogP contribution in [0.4, 0.5) is 5.69 Å². The summed E-state index contributed by atoms with van der Waals surface area (Å²) < 4.78 is 7.70. The zero-order chi connectivity index (χ0) is 26.4. The van der Waals surface area contributed by atoms with Crippen molar-refractivity contribution >= 4 is 17.7 Å². The van der Waals surface area contributed by atoms with Crippen LogP contribution in [-0.4, -0.2) is 20.4 Å². The van der Waals surface area contributed by atoms with Crippen LogP contribution in [0.2, 0.25) is 0 Å². The Bertz CT molecular complexity index is 1500. The lowest BCUT2D eigenvalue weighted by Gasteiger charge is -2.11. The summed E-state index contributed by atoms with van der Waals surface area (Å²) in [6.07, 6.45) is 2.74. The van der Waals surface area contributed by atoms with Crippen LogP contribution in [0.25, 0.3) is 11.8 Å². The van der Waals surface area contributed by atoms with Gasteiger partial charge in [0, 0.05) is 35.8 Å². The Morgan fingerprint density at radius 2 is 1.86 bits per heavy atom. The molecule has 0 fully saturated rings. The highest BCUT2D eigenvalue weighted by Gasteiger charge is 2.14. The molecule has 0 saturated heterocycles. The van der Waals surface area contributed by atoms with Crippen LogP contribution < -0.4 is 10.1 Å². The standard InChI is InChI=1S/C28H23N5O4/c1-19-14-22(15-23(16-29)28(34)31-17-21-6-4-3-5-7-21)20(2)32(19)24-8-11-26(12-9-24)37-27-13-10-25(18-30-27)33(35)36/h3-15,18H,17H2,1-2H3,(H,31,34)/b23-15-. The minimum absolute atomic E-state index is 0.0236. The van der Waals surface area contributed by atoms with Gasteiger partial charge in [-0.1, -0.05) is 30.3 Å². The van der Waals surface area contributed by atoms with Crippen molar-refractivity contribution in [3.8, 4) is 23.4 Å². The Labute approximate surface area is 213 Å². The fourth-order valence-electron chi connectivity index (χ4n) is 3.83. The van der Waals surface area contributed by atoms with Gasteiger partial charge in [0.25, 0.3) is 11.6 Å². The number of aromatic nitrogens is 2. The normalized spacial score (nSPS) is 11.0. The van der Waals surface area contributed by atoms with Gasteiger partial charge in [0.05, 0.1) is 4.92 Å². The first-order valence-electron chi connectivity index (χ1n) is 11.4. The van der Waals surface area contributed by atoms with Crippen LogP contribution in [0.5, 0.6) is 11.6 Å². The molecule has 2 aromatic heterocycles. The molecule has 0 atom stereocenters. The van der Waals surface area contributed by atoms with Gasteiger partial charge in [-0.2, -0.15) is 5.26 Å². The number of pyridine rings is 1. The lowest BCUT2D eigenvalue weighted by atomic mass is 10.1. The molecule has 4 rings (SSSR count). The number of carbonyl (C=O) groups excluding carboxylic acids is 1. The molecule has 0 aliphatic rings. The van der Waals surface area contributed by atoms with Crippen LogP contribution in [0.1, 0.15) is 22.5 Å². The Balaban J connectivity index is 1.50. The number of nitrogens with zero attached hydrogens (tertiary/aromatic N) is 4. The van der Waals surface area contributed by atoms with Crippen molar-refractivity contribution in [3.05, 3.63) is 117 Å². The largest absolute Gasteiger partial charge is 0.439 e. The Morgan fingerprint density at radius 3 is 2.49 bits per heavy atom. The zero-order valence-electron chi connectivity index (χ0n) is 20.2. The average molecular weight is 494 g/mol. The summed E-state index contributed by atoms with van der Waals surface area (Å²) in [5.74, 6) is 0.334. The number of nitriles is 1. The number of hydrogen-bond donors (Lipinski definition) is 1. The SMILES string of the molecule is Cc1cc(/C=C(/C#N)C(=O)NCc2ccccc2)c(C)n1-c1ccc(Oc2ccc([N+](=O)[O-])cn2)cc1. The van der Waals surface area contributed by atoms with Crippen molar-refractivity contribution in [2.45, 2.75) is 20.4 Å². The minimum atomic E-state index is -0.520. The summed E-state index contributed by atoms with van der Waals surface area (Å²) in [7, 11) is 0. The number of carbonyl (C=O) groups is 1. The number of amides is 1. The number of hydrogen-bond acceptors (Lipinski definition) is 6. The van der Waals surface area contributed by atoms with Crippen molar-refractivity contribution in [2.75, 3.05) is 0 Å². The second-order valence-corrected chi connectivity index (χ2v) is 8.21. The van der Waals surface area contributed by atoms with Gasteiger partial charge < -0.3 is 14.6 Å². The Morgan fingerprint density at radius 1 is 1.14 bits per heavy atom. The van der Waals surface area contributed by atoms with Crippen LogP contribution in [0.3, 0.4) is 0 Å². The van der Waals surface area contributed by atoms with E-state index in [1.807, 2.05) is 73.0 Å². The van der Waals surface area contributed by atoms with Gasteiger partial charge in [-0.25, -0.2) is 4.98 Å². The summed E-state index contributed by atoms with van der Waals surface area (Å²) >= 11 is 0. The van der Waals surface area contributed by atoms with Crippen molar-refractivity contribution in [1.29, 1.82) is 5.26 Å². The number of benzene rings is 2. The van der Waals surface area contributed by atoms with Gasteiger partial charge in [0.2, 0.25) is 5.88 Å². The molecule has 0 unspecified atom stereocenters. The zero-order valence-corrected chi connectivity index (χ0v) is 20.2. The van der Waals surface area contributed by atoms with Crippen molar-refractivity contribution in [3.63, 3.8) is 0 Å². The van der Waals surface area contributed by atoms with E-state index < -0.39 is 10.8 Å². The maximum atomic E-state index is 12.6. The van der Waals surface area contributed by atoms with E-state index >= 15 is 0 Å². The van der Waals surface area contributed by atoms with E-state index in [-0.39, 0.29) is 17.1 Å². The highest BCUT2D eigenvalue weighted by molar-refractivity contribution is 6.01. The molecule has 4 aromatic rings. The smallest absolute Gasteiger partial charge is 0.287 e. The second-order valence-electron chi connectivity index (χ2n) is 8.21. The summed E-state index contributed by atoms with van der Waals surface area (Å²) in [6, 6.07) is 23.5. The number of aryl methyl sites for hydroxylation is 1. The molecular formula is C28H23N5O4. The molecule has 9 heteroatoms. The molecule has 0 aliphatic heterocycles. The number of nitro groups is 1. The molecule has 1 amide bonds. The van der Waals surface area contributed by atoms with Crippen molar-refractivity contribution in [1.82, 2.24) is 14.9 Å². The highest BCUT2D eigenvalue weighted by atomic mass is 16.6. The fourth-order valence-corrected chi connectivity index (χ4v) is 3.83. The van der Waals surface area contributed by atoms with Crippen LogP contribution in [0.15, 0.2) is 84.6 Å². The Kier molecular flexibility index (Phi) is 7.40. The molecule has 0 aliphatic carbocycles. The molecule has 0 bridgehead atoms. The molecular weight excluding hydrogens is 470 g/mol. The average Bonchev–Trinajstić information content (AvgIpc) is 3.19. The highest BCUT2D eigenvalue weighted by Crippen LogP contribution is 2.26. The topological polar surface area (TPSA) is 123 Å². The summed E-state index contributed by atoms with van der Waals surface area (Å²) in [4.78, 5) is 26.8. The maximum Gasteiger partial charge on any atom is 0.287 e. The molecule has 184 valence electrons. The molecule has 1 N–H and O–H groups in total. The van der Waals surface area contributed by atoms with E-state index in [9.17, 15) is 20.2 Å². The fraction of sp³-hybridized carbons (Fsp3) is 0.107. The van der Waals surface area contributed by atoms with E-state index in [0.29, 0.717) is 12.3 Å². The van der Waals surface area contributed by atoms with Crippen molar-refractivity contribution < 1.29 is 14.5 Å². The first-order valence-corrected chi connectivity index (χ1v) is 11.4. The minimum Gasteiger partial charge on any atom is -0.439 e. The lowest BCUT2D eigenvalue weighted by Crippen LogP contribution is -2.23. The van der Waals surface area contributed by atoms with E-state index in [4.69, 9.17) is 4.74 Å². The van der Waals surface area contributed by atoms with Crippen LogP contribution >= 0.6 is 0 Å². The number of ether oxygens (including phenoxy) is 1. The molecule has 0 spiro atoms. The van der Waals surface area contributed by atoms with Crippen LogP contribution in [0, 0.1) is 35.3 Å². The molecule has 37 heavy (non-hydrogen) atoms. The number of nitrogens with one attached hydrogen (secondary N) is 1. The summed E-state index contributed by atoms with van der Waals surface area (Å²) in [6.45, 7) is 4.19. The quantitative estimate of drug-likeness (QED) is 0.151. The predicted molar refractivity (Wildman–Crippen MR) is 138 cm³/mol. The molecule has 0 radical (unpaired) electrons. The van der Waals surface area contributed by atoms with E-state index in [2.05, 4.69) is 10.3 Å². The van der Waals surface area contributed by atoms with Gasteiger partial charge in [-0.15, -0.1) is 0 Å². The van der Waals surface area contributed by atoms with Crippen molar-refractivity contribution in [2.24, 2.45) is 0 Å². The molecule has 9 nitrogen and oxygen atoms in total. The monoisotopic (exact) mass is 493 g/mol.